The number of fused-ring (bicyclic) bond motifs is 1. The Hall–Kier alpha value is -2.88. The monoisotopic (exact) mass is 264 g/mol. The molecule has 0 saturated carbocycles. The SMILES string of the molecule is O=C(O)/C=C(\c1ccccc1)n1cnc2ccccc21. The Kier molecular flexibility index (Phi) is 3.05. The summed E-state index contributed by atoms with van der Waals surface area (Å²) in [5.74, 6) is -0.985. The van der Waals surface area contributed by atoms with E-state index in [4.69, 9.17) is 5.11 Å². The first-order valence-corrected chi connectivity index (χ1v) is 6.18. The van der Waals surface area contributed by atoms with E-state index in [2.05, 4.69) is 4.98 Å². The summed E-state index contributed by atoms with van der Waals surface area (Å²) in [7, 11) is 0. The standard InChI is InChI=1S/C16H12N2O2/c19-16(20)10-15(12-6-2-1-3-7-12)18-11-17-13-8-4-5-9-14(13)18/h1-11H,(H,19,20)/b15-10+. The molecule has 4 nitrogen and oxygen atoms in total. The fraction of sp³-hybridized carbons (Fsp3) is 0. The maximum Gasteiger partial charge on any atom is 0.330 e. The molecule has 0 radical (unpaired) electrons. The Balaban J connectivity index is 2.23. The van der Waals surface area contributed by atoms with Gasteiger partial charge in [0.15, 0.2) is 0 Å². The van der Waals surface area contributed by atoms with Gasteiger partial charge in [0.05, 0.1) is 16.7 Å². The molecule has 1 heterocycles. The van der Waals surface area contributed by atoms with Crippen LogP contribution in [0.2, 0.25) is 0 Å². The molecular weight excluding hydrogens is 252 g/mol. The zero-order valence-electron chi connectivity index (χ0n) is 10.6. The largest absolute Gasteiger partial charge is 0.478 e. The first-order valence-electron chi connectivity index (χ1n) is 6.18. The highest BCUT2D eigenvalue weighted by molar-refractivity contribution is 5.92. The number of hydrogen-bond donors (Lipinski definition) is 1. The van der Waals surface area contributed by atoms with E-state index in [1.165, 1.54) is 6.08 Å². The van der Waals surface area contributed by atoms with E-state index in [1.54, 1.807) is 10.9 Å². The molecule has 98 valence electrons. The number of benzene rings is 2. The molecule has 4 heteroatoms. The second-order valence-electron chi connectivity index (χ2n) is 4.34. The van der Waals surface area contributed by atoms with Crippen LogP contribution in [-0.2, 0) is 4.79 Å². The van der Waals surface area contributed by atoms with Gasteiger partial charge in [0.25, 0.3) is 0 Å². The van der Waals surface area contributed by atoms with Crippen LogP contribution in [0, 0.1) is 0 Å². The quantitative estimate of drug-likeness (QED) is 0.740. The molecule has 0 saturated heterocycles. The minimum Gasteiger partial charge on any atom is -0.478 e. The van der Waals surface area contributed by atoms with Crippen LogP contribution in [0.1, 0.15) is 5.56 Å². The molecule has 0 bridgehead atoms. The highest BCUT2D eigenvalue weighted by Gasteiger charge is 2.10. The fourth-order valence-electron chi connectivity index (χ4n) is 2.17. The van der Waals surface area contributed by atoms with Gasteiger partial charge in [-0.25, -0.2) is 9.78 Å². The molecule has 1 N–H and O–H groups in total. The van der Waals surface area contributed by atoms with Gasteiger partial charge in [0.2, 0.25) is 0 Å². The van der Waals surface area contributed by atoms with Gasteiger partial charge in [0.1, 0.15) is 6.33 Å². The molecular formula is C16H12N2O2. The molecule has 2 aromatic carbocycles. The molecule has 0 spiro atoms. The molecule has 0 unspecified atom stereocenters. The number of aliphatic carboxylic acids is 1. The number of carbonyl (C=O) groups is 1. The lowest BCUT2D eigenvalue weighted by molar-refractivity contribution is -0.131. The number of aromatic nitrogens is 2. The average Bonchev–Trinajstić information content (AvgIpc) is 2.89. The predicted octanol–water partition coefficient (Wildman–Crippen LogP) is 3.01. The lowest BCUT2D eigenvalue weighted by atomic mass is 10.1. The average molecular weight is 264 g/mol. The Morgan fingerprint density at radius 3 is 2.50 bits per heavy atom. The van der Waals surface area contributed by atoms with Gasteiger partial charge in [-0.15, -0.1) is 0 Å². The van der Waals surface area contributed by atoms with E-state index in [-0.39, 0.29) is 0 Å². The summed E-state index contributed by atoms with van der Waals surface area (Å²) in [6.07, 6.45) is 2.84. The summed E-state index contributed by atoms with van der Waals surface area (Å²) in [5, 5.41) is 9.11. The van der Waals surface area contributed by atoms with Crippen LogP contribution in [-0.4, -0.2) is 20.6 Å². The second-order valence-corrected chi connectivity index (χ2v) is 4.34. The first-order chi connectivity index (χ1) is 9.75. The Morgan fingerprint density at radius 2 is 1.75 bits per heavy atom. The minimum absolute atomic E-state index is 0.590. The molecule has 0 aliphatic rings. The van der Waals surface area contributed by atoms with E-state index in [1.807, 2.05) is 54.6 Å². The number of carboxylic acids is 1. The summed E-state index contributed by atoms with van der Waals surface area (Å²) in [6.45, 7) is 0. The Morgan fingerprint density at radius 1 is 1.05 bits per heavy atom. The first kappa shape index (κ1) is 12.2. The third kappa shape index (κ3) is 2.19. The molecule has 0 atom stereocenters. The molecule has 1 aromatic heterocycles. The summed E-state index contributed by atoms with van der Waals surface area (Å²) >= 11 is 0. The maximum atomic E-state index is 11.1. The Bertz CT molecular complexity index is 788. The lowest BCUT2D eigenvalue weighted by Gasteiger charge is -2.09. The number of rotatable bonds is 3. The van der Waals surface area contributed by atoms with Crippen molar-refractivity contribution in [3.8, 4) is 0 Å². The van der Waals surface area contributed by atoms with Crippen molar-refractivity contribution in [3.05, 3.63) is 72.6 Å². The van der Waals surface area contributed by atoms with Crippen LogP contribution in [0.25, 0.3) is 16.7 Å². The van der Waals surface area contributed by atoms with Gasteiger partial charge in [0, 0.05) is 6.08 Å². The van der Waals surface area contributed by atoms with Gasteiger partial charge < -0.3 is 5.11 Å². The van der Waals surface area contributed by atoms with Crippen LogP contribution in [0.15, 0.2) is 67.0 Å². The number of imidazole rings is 1. The third-order valence-electron chi connectivity index (χ3n) is 3.04. The molecule has 0 aliphatic carbocycles. The van der Waals surface area contributed by atoms with Crippen LogP contribution in [0.3, 0.4) is 0 Å². The highest BCUT2D eigenvalue weighted by Crippen LogP contribution is 2.22. The summed E-state index contributed by atoms with van der Waals surface area (Å²) < 4.78 is 1.79. The maximum absolute atomic E-state index is 11.1. The smallest absolute Gasteiger partial charge is 0.330 e. The van der Waals surface area contributed by atoms with Crippen LogP contribution in [0.5, 0.6) is 0 Å². The van der Waals surface area contributed by atoms with E-state index >= 15 is 0 Å². The van der Waals surface area contributed by atoms with Crippen molar-refractivity contribution in [2.75, 3.05) is 0 Å². The van der Waals surface area contributed by atoms with Crippen LogP contribution in [0.4, 0.5) is 0 Å². The second kappa shape index (κ2) is 5.01. The van der Waals surface area contributed by atoms with Gasteiger partial charge >= 0.3 is 5.97 Å². The van der Waals surface area contributed by atoms with Gasteiger partial charge in [-0.1, -0.05) is 42.5 Å². The van der Waals surface area contributed by atoms with Gasteiger partial charge in [-0.3, -0.25) is 4.57 Å². The molecule has 0 fully saturated rings. The topological polar surface area (TPSA) is 55.1 Å². The van der Waals surface area contributed by atoms with Crippen molar-refractivity contribution in [2.24, 2.45) is 0 Å². The lowest BCUT2D eigenvalue weighted by Crippen LogP contribution is -2.01. The number of carboxylic acid groups (broad SMARTS) is 1. The third-order valence-corrected chi connectivity index (χ3v) is 3.04. The predicted molar refractivity (Wildman–Crippen MR) is 77.2 cm³/mol. The number of para-hydroxylation sites is 2. The normalized spacial score (nSPS) is 11.7. The van der Waals surface area contributed by atoms with Crippen molar-refractivity contribution in [3.63, 3.8) is 0 Å². The Labute approximate surface area is 115 Å². The van der Waals surface area contributed by atoms with Gasteiger partial charge in [-0.05, 0) is 17.7 Å². The van der Waals surface area contributed by atoms with Crippen molar-refractivity contribution in [1.29, 1.82) is 0 Å². The van der Waals surface area contributed by atoms with E-state index in [9.17, 15) is 4.79 Å². The van der Waals surface area contributed by atoms with Crippen molar-refractivity contribution < 1.29 is 9.90 Å². The highest BCUT2D eigenvalue weighted by atomic mass is 16.4. The fourth-order valence-corrected chi connectivity index (χ4v) is 2.17. The molecule has 0 amide bonds. The molecule has 3 rings (SSSR count). The summed E-state index contributed by atoms with van der Waals surface area (Å²) in [4.78, 5) is 15.4. The molecule has 3 aromatic rings. The van der Waals surface area contributed by atoms with E-state index in [0.717, 1.165) is 16.6 Å². The van der Waals surface area contributed by atoms with Crippen molar-refractivity contribution >= 4 is 22.7 Å². The summed E-state index contributed by atoms with van der Waals surface area (Å²) in [5.41, 5.74) is 3.13. The number of nitrogens with zero attached hydrogens (tertiary/aromatic N) is 2. The summed E-state index contributed by atoms with van der Waals surface area (Å²) in [6, 6.07) is 17.0. The van der Waals surface area contributed by atoms with Crippen molar-refractivity contribution in [1.82, 2.24) is 9.55 Å². The zero-order valence-corrected chi connectivity index (χ0v) is 10.6. The zero-order chi connectivity index (χ0) is 13.9. The van der Waals surface area contributed by atoms with Gasteiger partial charge in [-0.2, -0.15) is 0 Å². The number of hydrogen-bond acceptors (Lipinski definition) is 2. The molecule has 0 aliphatic heterocycles. The van der Waals surface area contributed by atoms with Crippen LogP contribution >= 0.6 is 0 Å². The van der Waals surface area contributed by atoms with E-state index in [0.29, 0.717) is 5.70 Å². The van der Waals surface area contributed by atoms with E-state index < -0.39 is 5.97 Å². The molecule has 20 heavy (non-hydrogen) atoms. The van der Waals surface area contributed by atoms with Crippen LogP contribution < -0.4 is 0 Å². The minimum atomic E-state index is -0.985. The van der Waals surface area contributed by atoms with Crippen molar-refractivity contribution in [2.45, 2.75) is 0 Å².